The van der Waals surface area contributed by atoms with Gasteiger partial charge in [0.25, 0.3) is 11.6 Å². The Bertz CT molecular complexity index is 1030. The predicted molar refractivity (Wildman–Crippen MR) is 108 cm³/mol. The van der Waals surface area contributed by atoms with Crippen LogP contribution in [0.25, 0.3) is 11.8 Å². The van der Waals surface area contributed by atoms with Crippen LogP contribution in [0.5, 0.6) is 0 Å². The molecule has 0 bridgehead atoms. The molecule has 0 radical (unpaired) electrons. The molecule has 1 heterocycles. The number of hydrogen-bond donors (Lipinski definition) is 1. The summed E-state index contributed by atoms with van der Waals surface area (Å²) in [6.45, 7) is 2.00. The average molecular weight is 374 g/mol. The fraction of sp³-hybridized carbons (Fsp3) is 0.0476. The van der Waals surface area contributed by atoms with Crippen LogP contribution in [0.1, 0.15) is 16.8 Å². The zero-order valence-electron chi connectivity index (χ0n) is 15.1. The summed E-state index contributed by atoms with van der Waals surface area (Å²) in [4.78, 5) is 22.2. The first-order valence-electron chi connectivity index (χ1n) is 8.53. The molecule has 0 aliphatic heterocycles. The van der Waals surface area contributed by atoms with Crippen LogP contribution >= 0.6 is 0 Å². The number of carbonyl (C=O) groups is 1. The summed E-state index contributed by atoms with van der Waals surface area (Å²) in [5.41, 5.74) is 6.03. The number of non-ortho nitro benzene ring substituents is 1. The highest BCUT2D eigenvalue weighted by Gasteiger charge is 2.06. The molecular formula is C21H18N4O3. The van der Waals surface area contributed by atoms with E-state index in [9.17, 15) is 14.9 Å². The summed E-state index contributed by atoms with van der Waals surface area (Å²) in [6.07, 6.45) is 6.45. The molecule has 1 N–H and O–H groups in total. The molecule has 0 atom stereocenters. The van der Waals surface area contributed by atoms with Crippen molar-refractivity contribution < 1.29 is 9.72 Å². The minimum atomic E-state index is -0.443. The van der Waals surface area contributed by atoms with Crippen molar-refractivity contribution in [1.82, 2.24) is 9.99 Å². The Hall–Kier alpha value is -4.00. The number of nitro benzene ring substituents is 1. The number of nitrogens with zero attached hydrogens (tertiary/aromatic N) is 3. The Morgan fingerprint density at radius 1 is 1.11 bits per heavy atom. The van der Waals surface area contributed by atoms with Gasteiger partial charge in [0, 0.05) is 30.1 Å². The highest BCUT2D eigenvalue weighted by molar-refractivity contribution is 5.92. The largest absolute Gasteiger partial charge is 0.316 e. The summed E-state index contributed by atoms with van der Waals surface area (Å²) in [5.74, 6) is -0.342. The maximum absolute atomic E-state index is 11.9. The van der Waals surface area contributed by atoms with Crippen molar-refractivity contribution in [3.63, 3.8) is 0 Å². The number of aromatic nitrogens is 1. The number of aryl methyl sites for hydroxylation is 1. The van der Waals surface area contributed by atoms with Gasteiger partial charge in [0.15, 0.2) is 0 Å². The Morgan fingerprint density at radius 3 is 2.50 bits per heavy atom. The number of hydrazone groups is 1. The van der Waals surface area contributed by atoms with Gasteiger partial charge in [-0.1, -0.05) is 29.8 Å². The van der Waals surface area contributed by atoms with E-state index in [1.54, 1.807) is 18.2 Å². The average Bonchev–Trinajstić information content (AvgIpc) is 3.16. The normalized spacial score (nSPS) is 11.2. The minimum Gasteiger partial charge on any atom is -0.316 e. The molecule has 0 aliphatic carbocycles. The summed E-state index contributed by atoms with van der Waals surface area (Å²) < 4.78 is 1.81. The summed E-state index contributed by atoms with van der Waals surface area (Å²) in [6, 6.07) is 17.6. The number of rotatable bonds is 6. The molecule has 0 saturated carbocycles. The van der Waals surface area contributed by atoms with Gasteiger partial charge in [-0.3, -0.25) is 14.9 Å². The number of amides is 1. The van der Waals surface area contributed by atoms with Gasteiger partial charge >= 0.3 is 0 Å². The molecule has 0 fully saturated rings. The molecule has 7 heteroatoms. The van der Waals surface area contributed by atoms with Gasteiger partial charge in [-0.05, 0) is 42.8 Å². The van der Waals surface area contributed by atoms with E-state index in [4.69, 9.17) is 0 Å². The van der Waals surface area contributed by atoms with Crippen LogP contribution in [-0.2, 0) is 4.79 Å². The number of nitrogens with one attached hydrogen (secondary N) is 1. The Labute approximate surface area is 161 Å². The zero-order valence-corrected chi connectivity index (χ0v) is 15.1. The van der Waals surface area contributed by atoms with Crippen molar-refractivity contribution in [2.24, 2.45) is 5.10 Å². The van der Waals surface area contributed by atoms with Gasteiger partial charge in [0.1, 0.15) is 0 Å². The van der Waals surface area contributed by atoms with Crippen LogP contribution in [0.15, 0.2) is 78.0 Å². The van der Waals surface area contributed by atoms with E-state index in [0.717, 1.165) is 22.5 Å². The molecule has 3 aromatic rings. The van der Waals surface area contributed by atoms with Gasteiger partial charge in [-0.25, -0.2) is 5.43 Å². The maximum atomic E-state index is 11.9. The highest BCUT2D eigenvalue weighted by atomic mass is 16.6. The van der Waals surface area contributed by atoms with Gasteiger partial charge in [0.05, 0.1) is 16.8 Å². The second-order valence-corrected chi connectivity index (χ2v) is 6.05. The maximum Gasteiger partial charge on any atom is 0.269 e. The number of nitro groups is 1. The van der Waals surface area contributed by atoms with E-state index < -0.39 is 4.92 Å². The summed E-state index contributed by atoms with van der Waals surface area (Å²) >= 11 is 0. The SMILES string of the molecule is Cc1ccc(/C=C/C(=O)N/N=C/c2cccn2-c2ccc([N+](=O)[O-])cc2)cc1. The Morgan fingerprint density at radius 2 is 1.82 bits per heavy atom. The number of carbonyl (C=O) groups excluding carboxylic acids is 1. The lowest BCUT2D eigenvalue weighted by atomic mass is 10.1. The molecule has 0 aliphatic rings. The topological polar surface area (TPSA) is 89.5 Å². The third-order valence-electron chi connectivity index (χ3n) is 4.00. The fourth-order valence-electron chi connectivity index (χ4n) is 2.52. The lowest BCUT2D eigenvalue weighted by Gasteiger charge is -2.05. The molecule has 2 aromatic carbocycles. The first-order chi connectivity index (χ1) is 13.5. The first-order valence-corrected chi connectivity index (χ1v) is 8.53. The van der Waals surface area contributed by atoms with E-state index in [0.29, 0.717) is 0 Å². The summed E-state index contributed by atoms with van der Waals surface area (Å²) in [7, 11) is 0. The third kappa shape index (κ3) is 4.79. The minimum absolute atomic E-state index is 0.0266. The van der Waals surface area contributed by atoms with Crippen LogP contribution < -0.4 is 5.43 Å². The fourth-order valence-corrected chi connectivity index (χ4v) is 2.52. The van der Waals surface area contributed by atoms with E-state index in [2.05, 4.69) is 10.5 Å². The molecule has 0 unspecified atom stereocenters. The van der Waals surface area contributed by atoms with E-state index in [1.807, 2.05) is 54.1 Å². The molecule has 28 heavy (non-hydrogen) atoms. The molecule has 7 nitrogen and oxygen atoms in total. The van der Waals surface area contributed by atoms with Crippen molar-refractivity contribution in [3.8, 4) is 5.69 Å². The smallest absolute Gasteiger partial charge is 0.269 e. The van der Waals surface area contributed by atoms with E-state index >= 15 is 0 Å². The Kier molecular flexibility index (Phi) is 5.76. The van der Waals surface area contributed by atoms with E-state index in [1.165, 1.54) is 24.4 Å². The van der Waals surface area contributed by atoms with Crippen molar-refractivity contribution >= 4 is 23.9 Å². The summed E-state index contributed by atoms with van der Waals surface area (Å²) in [5, 5.41) is 14.7. The molecule has 0 spiro atoms. The second-order valence-electron chi connectivity index (χ2n) is 6.05. The standard InChI is InChI=1S/C21H18N4O3/c1-16-4-6-17(7-5-16)8-13-21(26)23-22-15-20-3-2-14-24(20)18-9-11-19(12-10-18)25(27)28/h2-15H,1H3,(H,23,26)/b13-8+,22-15+. The first kappa shape index (κ1) is 18.8. The lowest BCUT2D eigenvalue weighted by molar-refractivity contribution is -0.384. The van der Waals surface area contributed by atoms with Crippen molar-refractivity contribution in [2.75, 3.05) is 0 Å². The van der Waals surface area contributed by atoms with Crippen LogP contribution in [0.2, 0.25) is 0 Å². The lowest BCUT2D eigenvalue weighted by Crippen LogP contribution is -2.14. The molecule has 3 rings (SSSR count). The molecule has 1 aromatic heterocycles. The van der Waals surface area contributed by atoms with Gasteiger partial charge in [-0.2, -0.15) is 5.10 Å². The highest BCUT2D eigenvalue weighted by Crippen LogP contribution is 2.16. The van der Waals surface area contributed by atoms with E-state index in [-0.39, 0.29) is 11.6 Å². The second kappa shape index (κ2) is 8.59. The van der Waals surface area contributed by atoms with Crippen LogP contribution in [0.4, 0.5) is 5.69 Å². The van der Waals surface area contributed by atoms with Crippen molar-refractivity contribution in [2.45, 2.75) is 6.92 Å². The van der Waals surface area contributed by atoms with Crippen LogP contribution in [0.3, 0.4) is 0 Å². The third-order valence-corrected chi connectivity index (χ3v) is 4.00. The molecule has 140 valence electrons. The quantitative estimate of drug-likeness (QED) is 0.307. The van der Waals surface area contributed by atoms with Gasteiger partial charge < -0.3 is 4.57 Å². The number of benzene rings is 2. The van der Waals surface area contributed by atoms with Crippen LogP contribution in [-0.4, -0.2) is 21.6 Å². The predicted octanol–water partition coefficient (Wildman–Crippen LogP) is 3.86. The van der Waals surface area contributed by atoms with Gasteiger partial charge in [0.2, 0.25) is 0 Å². The molecule has 0 saturated heterocycles. The monoisotopic (exact) mass is 374 g/mol. The zero-order chi connectivity index (χ0) is 19.9. The van der Waals surface area contributed by atoms with Crippen LogP contribution in [0, 0.1) is 17.0 Å². The number of hydrogen-bond acceptors (Lipinski definition) is 4. The van der Waals surface area contributed by atoms with Gasteiger partial charge in [-0.15, -0.1) is 0 Å². The molecular weight excluding hydrogens is 356 g/mol. The Balaban J connectivity index is 1.63. The van der Waals surface area contributed by atoms with Crippen molar-refractivity contribution in [3.05, 3.63) is 99.9 Å². The van der Waals surface area contributed by atoms with Crippen molar-refractivity contribution in [1.29, 1.82) is 0 Å². The molecule has 1 amide bonds.